The van der Waals surface area contributed by atoms with Gasteiger partial charge < -0.3 is 10.2 Å². The van der Waals surface area contributed by atoms with Gasteiger partial charge in [0.1, 0.15) is 0 Å². The van der Waals surface area contributed by atoms with Crippen molar-refractivity contribution in [3.63, 3.8) is 0 Å². The molecule has 1 saturated carbocycles. The highest BCUT2D eigenvalue weighted by Crippen LogP contribution is 2.40. The minimum absolute atomic E-state index is 0.0952. The second-order valence-electron chi connectivity index (χ2n) is 8.96. The Labute approximate surface area is 179 Å². The molecular formula is C26H32N2O2. The fourth-order valence-corrected chi connectivity index (χ4v) is 4.99. The smallest absolute Gasteiger partial charge is 0.226 e. The zero-order chi connectivity index (χ0) is 21.1. The average molecular weight is 405 g/mol. The van der Waals surface area contributed by atoms with Crippen LogP contribution in [0.5, 0.6) is 0 Å². The van der Waals surface area contributed by atoms with Crippen LogP contribution in [0.1, 0.15) is 43.2 Å². The Bertz CT molecular complexity index is 924. The van der Waals surface area contributed by atoms with Crippen LogP contribution in [0.2, 0.25) is 0 Å². The number of nitrogens with zero attached hydrogens (tertiary/aromatic N) is 1. The topological polar surface area (TPSA) is 49.4 Å². The van der Waals surface area contributed by atoms with Gasteiger partial charge in [0.15, 0.2) is 0 Å². The molecule has 0 radical (unpaired) electrons. The first kappa shape index (κ1) is 20.6. The summed E-state index contributed by atoms with van der Waals surface area (Å²) in [5.74, 6) is 0.615. The second-order valence-corrected chi connectivity index (χ2v) is 8.96. The third-order valence-electron chi connectivity index (χ3n) is 7.18. The number of amides is 2. The van der Waals surface area contributed by atoms with Gasteiger partial charge in [0, 0.05) is 26.1 Å². The lowest BCUT2D eigenvalue weighted by Crippen LogP contribution is -2.52. The van der Waals surface area contributed by atoms with Crippen molar-refractivity contribution in [2.45, 2.75) is 45.4 Å². The molecule has 2 amide bonds. The summed E-state index contributed by atoms with van der Waals surface area (Å²) in [7, 11) is 1.73. The molecule has 1 aliphatic carbocycles. The fourth-order valence-electron chi connectivity index (χ4n) is 4.99. The Balaban J connectivity index is 1.59. The van der Waals surface area contributed by atoms with Gasteiger partial charge in [-0.05, 0) is 61.3 Å². The van der Waals surface area contributed by atoms with Gasteiger partial charge in [-0.3, -0.25) is 9.59 Å². The molecule has 2 aromatic rings. The maximum absolute atomic E-state index is 13.1. The predicted molar refractivity (Wildman–Crippen MR) is 120 cm³/mol. The summed E-state index contributed by atoms with van der Waals surface area (Å²) in [6.07, 6.45) is 5.35. The number of likely N-dealkylation sites (tertiary alicyclic amines) is 1. The summed E-state index contributed by atoms with van der Waals surface area (Å²) in [5.41, 5.74) is 4.39. The summed E-state index contributed by atoms with van der Waals surface area (Å²) < 4.78 is 0. The Morgan fingerprint density at radius 1 is 1.00 bits per heavy atom. The number of benzene rings is 2. The van der Waals surface area contributed by atoms with Crippen LogP contribution in [-0.2, 0) is 16.0 Å². The molecule has 0 bridgehead atoms. The van der Waals surface area contributed by atoms with Crippen LogP contribution in [-0.4, -0.2) is 36.9 Å². The van der Waals surface area contributed by atoms with Crippen molar-refractivity contribution in [3.05, 3.63) is 59.7 Å². The lowest BCUT2D eigenvalue weighted by Gasteiger charge is -2.42. The van der Waals surface area contributed by atoms with E-state index in [4.69, 9.17) is 0 Å². The Morgan fingerprint density at radius 3 is 2.23 bits per heavy atom. The van der Waals surface area contributed by atoms with Crippen molar-refractivity contribution in [1.29, 1.82) is 0 Å². The maximum atomic E-state index is 13.1. The quantitative estimate of drug-likeness (QED) is 0.805. The number of hydrogen-bond acceptors (Lipinski definition) is 2. The fraction of sp³-hybridized carbons (Fsp3) is 0.462. The molecule has 1 heterocycles. The SMILES string of the molecule is CNC(=O)C1(Cc2ccccc2-c2ccccc2C)CCN(C(=O)C2CCC2)CC1. The molecule has 1 saturated heterocycles. The number of hydrogen-bond donors (Lipinski definition) is 1. The van der Waals surface area contributed by atoms with E-state index in [9.17, 15) is 9.59 Å². The van der Waals surface area contributed by atoms with E-state index >= 15 is 0 Å². The maximum Gasteiger partial charge on any atom is 0.226 e. The second kappa shape index (κ2) is 8.63. The van der Waals surface area contributed by atoms with Crippen molar-refractivity contribution in [1.82, 2.24) is 10.2 Å². The standard InChI is InChI=1S/C26H32N2O2/c1-19-8-3-5-12-22(19)23-13-6-4-9-21(23)18-26(25(30)27-2)14-16-28(17-15-26)24(29)20-10-7-11-20/h3-6,8-9,12-13,20H,7,10-11,14-18H2,1-2H3,(H,27,30). The minimum Gasteiger partial charge on any atom is -0.359 e. The van der Waals surface area contributed by atoms with E-state index in [0.717, 1.165) is 12.8 Å². The average Bonchev–Trinajstić information content (AvgIpc) is 2.73. The summed E-state index contributed by atoms with van der Waals surface area (Å²) in [6, 6.07) is 16.8. The number of aryl methyl sites for hydroxylation is 1. The van der Waals surface area contributed by atoms with Crippen molar-refractivity contribution < 1.29 is 9.59 Å². The molecule has 2 aliphatic rings. The van der Waals surface area contributed by atoms with Crippen molar-refractivity contribution in [3.8, 4) is 11.1 Å². The highest BCUT2D eigenvalue weighted by atomic mass is 16.2. The van der Waals surface area contributed by atoms with Gasteiger partial charge in [-0.2, -0.15) is 0 Å². The minimum atomic E-state index is -0.468. The van der Waals surface area contributed by atoms with Crippen LogP contribution in [0.25, 0.3) is 11.1 Å². The number of carbonyl (C=O) groups is 2. The molecule has 1 N–H and O–H groups in total. The highest BCUT2D eigenvalue weighted by Gasteiger charge is 2.43. The van der Waals surface area contributed by atoms with Gasteiger partial charge >= 0.3 is 0 Å². The van der Waals surface area contributed by atoms with E-state index in [1.807, 2.05) is 4.90 Å². The van der Waals surface area contributed by atoms with E-state index in [2.05, 4.69) is 60.8 Å². The molecular weight excluding hydrogens is 372 g/mol. The van der Waals surface area contributed by atoms with E-state index in [1.165, 1.54) is 28.7 Å². The summed E-state index contributed by atoms with van der Waals surface area (Å²) in [5, 5.41) is 2.91. The Morgan fingerprint density at radius 2 is 1.63 bits per heavy atom. The number of carbonyl (C=O) groups excluding carboxylic acids is 2. The normalized spacial score (nSPS) is 18.5. The number of rotatable bonds is 5. The number of nitrogens with one attached hydrogen (secondary N) is 1. The zero-order valence-electron chi connectivity index (χ0n) is 18.1. The van der Waals surface area contributed by atoms with E-state index in [0.29, 0.717) is 38.3 Å². The molecule has 2 aromatic carbocycles. The number of piperidine rings is 1. The van der Waals surface area contributed by atoms with Gasteiger partial charge in [-0.25, -0.2) is 0 Å². The monoisotopic (exact) mass is 404 g/mol. The first-order chi connectivity index (χ1) is 14.5. The molecule has 0 unspecified atom stereocenters. The predicted octanol–water partition coefficient (Wildman–Crippen LogP) is 4.36. The zero-order valence-corrected chi connectivity index (χ0v) is 18.1. The van der Waals surface area contributed by atoms with E-state index < -0.39 is 5.41 Å². The van der Waals surface area contributed by atoms with Crippen LogP contribution in [0.4, 0.5) is 0 Å². The van der Waals surface area contributed by atoms with Crippen LogP contribution < -0.4 is 5.32 Å². The van der Waals surface area contributed by atoms with Crippen LogP contribution in [0.3, 0.4) is 0 Å². The first-order valence-corrected chi connectivity index (χ1v) is 11.2. The van der Waals surface area contributed by atoms with Gasteiger partial charge in [-0.15, -0.1) is 0 Å². The summed E-state index contributed by atoms with van der Waals surface area (Å²) in [4.78, 5) is 27.8. The van der Waals surface area contributed by atoms with Crippen molar-refractivity contribution in [2.24, 2.45) is 11.3 Å². The van der Waals surface area contributed by atoms with Gasteiger partial charge in [0.2, 0.25) is 11.8 Å². The molecule has 1 aliphatic heterocycles. The Hall–Kier alpha value is -2.62. The molecule has 30 heavy (non-hydrogen) atoms. The molecule has 2 fully saturated rings. The molecule has 4 heteroatoms. The van der Waals surface area contributed by atoms with Crippen LogP contribution in [0, 0.1) is 18.3 Å². The molecule has 4 rings (SSSR count). The summed E-state index contributed by atoms with van der Waals surface area (Å²) >= 11 is 0. The lowest BCUT2D eigenvalue weighted by atomic mass is 9.71. The third-order valence-corrected chi connectivity index (χ3v) is 7.18. The highest BCUT2D eigenvalue weighted by molar-refractivity contribution is 5.85. The largest absolute Gasteiger partial charge is 0.359 e. The first-order valence-electron chi connectivity index (χ1n) is 11.2. The summed E-state index contributed by atoms with van der Waals surface area (Å²) in [6.45, 7) is 3.48. The Kier molecular flexibility index (Phi) is 5.94. The van der Waals surface area contributed by atoms with E-state index in [1.54, 1.807) is 7.05 Å². The van der Waals surface area contributed by atoms with Crippen LogP contribution >= 0.6 is 0 Å². The van der Waals surface area contributed by atoms with Crippen molar-refractivity contribution in [2.75, 3.05) is 20.1 Å². The molecule has 0 atom stereocenters. The van der Waals surface area contributed by atoms with Gasteiger partial charge in [-0.1, -0.05) is 55.0 Å². The van der Waals surface area contributed by atoms with E-state index in [-0.39, 0.29) is 11.8 Å². The van der Waals surface area contributed by atoms with Crippen LogP contribution in [0.15, 0.2) is 48.5 Å². The third kappa shape index (κ3) is 3.88. The molecule has 158 valence electrons. The molecule has 4 nitrogen and oxygen atoms in total. The lowest BCUT2D eigenvalue weighted by molar-refractivity contribution is -0.144. The van der Waals surface area contributed by atoms with Crippen molar-refractivity contribution >= 4 is 11.8 Å². The molecule has 0 spiro atoms. The molecule has 0 aromatic heterocycles. The van der Waals surface area contributed by atoms with Gasteiger partial charge in [0.05, 0.1) is 5.41 Å². The van der Waals surface area contributed by atoms with Gasteiger partial charge in [0.25, 0.3) is 0 Å².